The van der Waals surface area contributed by atoms with Gasteiger partial charge in [-0.2, -0.15) is 0 Å². The largest absolute Gasteiger partial charge is 0.280 e. The fraction of sp³-hybridized carbons (Fsp3) is 0.818. The second-order valence-corrected chi connectivity index (χ2v) is 10.9. The third-order valence-corrected chi connectivity index (χ3v) is 9.56. The number of hydrogen-bond donors (Lipinski definition) is 0. The fourth-order valence-electron chi connectivity index (χ4n) is 6.43. The Morgan fingerprint density at radius 1 is 0.679 bits per heavy atom. The van der Waals surface area contributed by atoms with Crippen LogP contribution in [0, 0.1) is 33.5 Å². The number of imide groups is 2. The minimum atomic E-state index is -0.561. The van der Waals surface area contributed by atoms with Crippen molar-refractivity contribution >= 4 is 23.6 Å². The Balaban J connectivity index is 1.56. The van der Waals surface area contributed by atoms with Crippen LogP contribution in [0.4, 0.5) is 0 Å². The summed E-state index contributed by atoms with van der Waals surface area (Å²) in [6.45, 7) is 12.2. The van der Waals surface area contributed by atoms with Crippen LogP contribution in [0.3, 0.4) is 0 Å². The molecule has 2 aliphatic carbocycles. The maximum absolute atomic E-state index is 13.2. The van der Waals surface area contributed by atoms with Crippen LogP contribution in [0.1, 0.15) is 67.2 Å². The Morgan fingerprint density at radius 2 is 1.00 bits per heavy atom. The van der Waals surface area contributed by atoms with Gasteiger partial charge < -0.3 is 0 Å². The summed E-state index contributed by atoms with van der Waals surface area (Å²) in [4.78, 5) is 55.1. The van der Waals surface area contributed by atoms with E-state index in [-0.39, 0.29) is 59.4 Å². The predicted molar refractivity (Wildman–Crippen MR) is 103 cm³/mol. The summed E-state index contributed by atoms with van der Waals surface area (Å²) in [5.74, 6) is -0.927. The average Bonchev–Trinajstić information content (AvgIpc) is 2.91. The van der Waals surface area contributed by atoms with Gasteiger partial charge in [0.25, 0.3) is 0 Å². The van der Waals surface area contributed by atoms with Crippen molar-refractivity contribution in [2.75, 3.05) is 13.1 Å². The molecule has 0 spiro atoms. The standard InChI is InChI=1S/C22H32N2O4/c1-19(2)13-7-9-21(19,5)17(27)23(15(13)25)11-12-24-16(26)14-8-10-22(6,18(24)28)20(14,3)4/h13-14H,7-12H2,1-6H3/t13-,14-,21-,22+/m1/s1. The molecule has 4 rings (SSSR count). The van der Waals surface area contributed by atoms with Crippen LogP contribution >= 0.6 is 0 Å². The van der Waals surface area contributed by atoms with Crippen LogP contribution in [0.2, 0.25) is 0 Å². The number of amides is 4. The summed E-state index contributed by atoms with van der Waals surface area (Å²) >= 11 is 0. The Kier molecular flexibility index (Phi) is 3.81. The molecule has 0 aromatic rings. The highest BCUT2D eigenvalue weighted by Gasteiger charge is 2.66. The zero-order chi connectivity index (χ0) is 20.9. The first kappa shape index (κ1) is 19.6. The monoisotopic (exact) mass is 388 g/mol. The highest BCUT2D eigenvalue weighted by atomic mass is 16.2. The number of nitrogens with zero attached hydrogens (tertiary/aromatic N) is 2. The molecule has 0 aromatic heterocycles. The van der Waals surface area contributed by atoms with Crippen LogP contribution in [0.15, 0.2) is 0 Å². The molecule has 154 valence electrons. The first-order chi connectivity index (χ1) is 12.8. The number of carbonyl (C=O) groups is 4. The minimum absolute atomic E-state index is 0.112. The number of hydrogen-bond acceptors (Lipinski definition) is 4. The molecule has 4 aliphatic rings. The predicted octanol–water partition coefficient (Wildman–Crippen LogP) is 2.61. The Labute approximate surface area is 167 Å². The summed E-state index contributed by atoms with van der Waals surface area (Å²) < 4.78 is 0. The van der Waals surface area contributed by atoms with E-state index < -0.39 is 10.8 Å². The highest BCUT2D eigenvalue weighted by Crippen LogP contribution is 2.61. The van der Waals surface area contributed by atoms with E-state index in [9.17, 15) is 19.2 Å². The van der Waals surface area contributed by atoms with Gasteiger partial charge in [0, 0.05) is 24.9 Å². The minimum Gasteiger partial charge on any atom is -0.280 e. The van der Waals surface area contributed by atoms with E-state index in [2.05, 4.69) is 0 Å². The van der Waals surface area contributed by atoms with E-state index >= 15 is 0 Å². The van der Waals surface area contributed by atoms with Gasteiger partial charge in [-0.15, -0.1) is 0 Å². The molecule has 6 heteroatoms. The zero-order valence-electron chi connectivity index (χ0n) is 17.9. The topological polar surface area (TPSA) is 74.8 Å². The van der Waals surface area contributed by atoms with Gasteiger partial charge in [-0.05, 0) is 36.5 Å². The van der Waals surface area contributed by atoms with Crippen molar-refractivity contribution < 1.29 is 19.2 Å². The lowest BCUT2D eigenvalue weighted by Crippen LogP contribution is -2.63. The smallest absolute Gasteiger partial charge is 0.235 e. The second-order valence-electron chi connectivity index (χ2n) is 10.9. The Bertz CT molecular complexity index is 734. The Morgan fingerprint density at radius 3 is 1.32 bits per heavy atom. The summed E-state index contributed by atoms with van der Waals surface area (Å²) in [5.41, 5.74) is -1.83. The quantitative estimate of drug-likeness (QED) is 0.697. The van der Waals surface area contributed by atoms with Crippen molar-refractivity contribution in [2.45, 2.75) is 67.2 Å². The molecule has 4 fully saturated rings. The third-order valence-electron chi connectivity index (χ3n) is 9.56. The van der Waals surface area contributed by atoms with Crippen molar-refractivity contribution in [2.24, 2.45) is 33.5 Å². The van der Waals surface area contributed by atoms with Crippen LogP contribution in [-0.4, -0.2) is 46.5 Å². The lowest BCUT2D eigenvalue weighted by Gasteiger charge is -2.49. The van der Waals surface area contributed by atoms with Crippen molar-refractivity contribution in [1.82, 2.24) is 9.80 Å². The van der Waals surface area contributed by atoms with Gasteiger partial charge in [0.1, 0.15) is 0 Å². The molecule has 0 unspecified atom stereocenters. The Hall–Kier alpha value is -1.72. The molecule has 0 N–H and O–H groups in total. The molecular formula is C22H32N2O4. The molecule has 2 heterocycles. The molecule has 6 nitrogen and oxygen atoms in total. The number of carbonyl (C=O) groups excluding carboxylic acids is 4. The van der Waals surface area contributed by atoms with Gasteiger partial charge >= 0.3 is 0 Å². The van der Waals surface area contributed by atoms with Crippen molar-refractivity contribution in [1.29, 1.82) is 0 Å². The van der Waals surface area contributed by atoms with E-state index in [1.165, 1.54) is 9.80 Å². The van der Waals surface area contributed by atoms with Gasteiger partial charge in [0.15, 0.2) is 0 Å². The average molecular weight is 389 g/mol. The lowest BCUT2D eigenvalue weighted by molar-refractivity contribution is -0.173. The van der Waals surface area contributed by atoms with Gasteiger partial charge in [0.05, 0.1) is 10.8 Å². The lowest BCUT2D eigenvalue weighted by atomic mass is 9.62. The second kappa shape index (κ2) is 5.45. The number of likely N-dealkylation sites (tertiary alicyclic amines) is 2. The number of rotatable bonds is 3. The maximum Gasteiger partial charge on any atom is 0.235 e. The van der Waals surface area contributed by atoms with E-state index in [0.717, 1.165) is 12.8 Å². The first-order valence-corrected chi connectivity index (χ1v) is 10.5. The fourth-order valence-corrected chi connectivity index (χ4v) is 6.43. The van der Waals surface area contributed by atoms with Crippen LogP contribution in [-0.2, 0) is 19.2 Å². The van der Waals surface area contributed by atoms with Crippen LogP contribution < -0.4 is 0 Å². The molecule has 28 heavy (non-hydrogen) atoms. The summed E-state index contributed by atoms with van der Waals surface area (Å²) in [7, 11) is 0. The molecule has 2 saturated heterocycles. The first-order valence-electron chi connectivity index (χ1n) is 10.5. The summed E-state index contributed by atoms with van der Waals surface area (Å²) in [6, 6.07) is 0. The number of piperidine rings is 2. The van der Waals surface area contributed by atoms with Crippen LogP contribution in [0.25, 0.3) is 0 Å². The SMILES string of the molecule is CC1(C)[C@@H]2CC[C@@]1(C)C(=O)N(CCN1C(=O)[C@H]3CC[C@](C)(C1=O)C3(C)C)C2=O. The van der Waals surface area contributed by atoms with E-state index in [1.54, 1.807) is 0 Å². The van der Waals surface area contributed by atoms with E-state index in [1.807, 2.05) is 41.5 Å². The molecule has 4 bridgehead atoms. The van der Waals surface area contributed by atoms with Crippen molar-refractivity contribution in [3.8, 4) is 0 Å². The van der Waals surface area contributed by atoms with Crippen LogP contribution in [0.5, 0.6) is 0 Å². The normalized spacial score (nSPS) is 41.2. The van der Waals surface area contributed by atoms with Gasteiger partial charge in [-0.25, -0.2) is 0 Å². The van der Waals surface area contributed by atoms with Gasteiger partial charge in [-0.3, -0.25) is 29.0 Å². The third kappa shape index (κ3) is 1.99. The molecule has 0 radical (unpaired) electrons. The van der Waals surface area contributed by atoms with Crippen molar-refractivity contribution in [3.05, 3.63) is 0 Å². The molecule has 4 amide bonds. The summed E-state index contributed by atoms with van der Waals surface area (Å²) in [6.07, 6.45) is 2.87. The van der Waals surface area contributed by atoms with E-state index in [0.29, 0.717) is 12.8 Å². The van der Waals surface area contributed by atoms with E-state index in [4.69, 9.17) is 0 Å². The summed E-state index contributed by atoms with van der Waals surface area (Å²) in [5, 5.41) is 0. The van der Waals surface area contributed by atoms with Gasteiger partial charge in [0.2, 0.25) is 23.6 Å². The molecular weight excluding hydrogens is 356 g/mol. The number of fused-ring (bicyclic) bond motifs is 4. The van der Waals surface area contributed by atoms with Crippen molar-refractivity contribution in [3.63, 3.8) is 0 Å². The molecule has 4 atom stereocenters. The van der Waals surface area contributed by atoms with Gasteiger partial charge in [-0.1, -0.05) is 41.5 Å². The molecule has 2 saturated carbocycles. The molecule has 2 aliphatic heterocycles. The zero-order valence-corrected chi connectivity index (χ0v) is 17.9. The maximum atomic E-state index is 13.2. The molecule has 0 aromatic carbocycles. The highest BCUT2D eigenvalue weighted by molar-refractivity contribution is 6.05.